The van der Waals surface area contributed by atoms with Crippen molar-refractivity contribution in [2.24, 2.45) is 0 Å². The third kappa shape index (κ3) is 1.82. The molecule has 0 atom stereocenters. The molecule has 2 N–H and O–H groups in total. The van der Waals surface area contributed by atoms with E-state index in [9.17, 15) is 4.79 Å². The van der Waals surface area contributed by atoms with Gasteiger partial charge in [0, 0.05) is 11.5 Å². The van der Waals surface area contributed by atoms with Gasteiger partial charge < -0.3 is 10.1 Å². The smallest absolute Gasteiger partial charge is 0.356 e. The molecule has 1 fully saturated rings. The summed E-state index contributed by atoms with van der Waals surface area (Å²) in [6, 6.07) is 9.58. The fraction of sp³-hybridized carbons (Fsp3) is 0.231. The van der Waals surface area contributed by atoms with Crippen molar-refractivity contribution in [1.29, 1.82) is 0 Å². The molecule has 0 spiro atoms. The standard InChI is InChI=1S/C13H12N2O2/c16-13(17)11-10(8-6-7-8)14-12(15-11)9-4-2-1-3-5-9/h1-5,8H,6-7H2,(H,14,15)(H,16,17). The van der Waals surface area contributed by atoms with Crippen LogP contribution in [0.25, 0.3) is 11.4 Å². The van der Waals surface area contributed by atoms with E-state index in [0.29, 0.717) is 11.7 Å². The highest BCUT2D eigenvalue weighted by Gasteiger charge is 2.31. The highest BCUT2D eigenvalue weighted by molar-refractivity contribution is 5.88. The second-order valence-electron chi connectivity index (χ2n) is 4.29. The summed E-state index contributed by atoms with van der Waals surface area (Å²) in [6.45, 7) is 0. The summed E-state index contributed by atoms with van der Waals surface area (Å²) < 4.78 is 0. The Hall–Kier alpha value is -2.10. The Morgan fingerprint density at radius 2 is 2.00 bits per heavy atom. The second-order valence-corrected chi connectivity index (χ2v) is 4.29. The minimum absolute atomic E-state index is 0.173. The third-order valence-electron chi connectivity index (χ3n) is 2.97. The number of nitrogens with one attached hydrogen (secondary N) is 1. The van der Waals surface area contributed by atoms with Crippen LogP contribution in [0.4, 0.5) is 0 Å². The van der Waals surface area contributed by atoms with Crippen LogP contribution in [0.15, 0.2) is 30.3 Å². The predicted molar refractivity (Wildman–Crippen MR) is 63.0 cm³/mol. The summed E-state index contributed by atoms with van der Waals surface area (Å²) >= 11 is 0. The van der Waals surface area contributed by atoms with Crippen LogP contribution in [-0.4, -0.2) is 21.0 Å². The molecule has 1 heterocycles. The van der Waals surface area contributed by atoms with Gasteiger partial charge in [-0.3, -0.25) is 0 Å². The van der Waals surface area contributed by atoms with Crippen LogP contribution in [0.5, 0.6) is 0 Å². The zero-order chi connectivity index (χ0) is 11.8. The Labute approximate surface area is 98.3 Å². The van der Waals surface area contributed by atoms with E-state index in [-0.39, 0.29) is 5.69 Å². The van der Waals surface area contributed by atoms with Crippen molar-refractivity contribution in [3.05, 3.63) is 41.7 Å². The van der Waals surface area contributed by atoms with Gasteiger partial charge in [0.15, 0.2) is 5.69 Å². The van der Waals surface area contributed by atoms with Gasteiger partial charge in [0.05, 0.1) is 5.69 Å². The number of imidazole rings is 1. The molecule has 0 unspecified atom stereocenters. The van der Waals surface area contributed by atoms with Crippen molar-refractivity contribution in [2.45, 2.75) is 18.8 Å². The highest BCUT2D eigenvalue weighted by Crippen LogP contribution is 2.41. The van der Waals surface area contributed by atoms with Gasteiger partial charge in [-0.2, -0.15) is 0 Å². The number of carboxylic acid groups (broad SMARTS) is 1. The second kappa shape index (κ2) is 3.73. The first-order chi connectivity index (χ1) is 8.25. The molecule has 1 aromatic carbocycles. The molecule has 2 aromatic rings. The molecule has 0 aliphatic heterocycles. The average Bonchev–Trinajstić information content (AvgIpc) is 3.09. The van der Waals surface area contributed by atoms with Crippen molar-refractivity contribution in [3.63, 3.8) is 0 Å². The van der Waals surface area contributed by atoms with Gasteiger partial charge in [0.2, 0.25) is 0 Å². The van der Waals surface area contributed by atoms with E-state index < -0.39 is 5.97 Å². The van der Waals surface area contributed by atoms with Gasteiger partial charge in [-0.15, -0.1) is 0 Å². The van der Waals surface area contributed by atoms with Gasteiger partial charge in [-0.25, -0.2) is 9.78 Å². The molecule has 1 saturated carbocycles. The van der Waals surface area contributed by atoms with E-state index in [4.69, 9.17) is 5.11 Å². The third-order valence-corrected chi connectivity index (χ3v) is 2.97. The first-order valence-corrected chi connectivity index (χ1v) is 5.64. The lowest BCUT2D eigenvalue weighted by atomic mass is 10.2. The van der Waals surface area contributed by atoms with E-state index >= 15 is 0 Å². The van der Waals surface area contributed by atoms with Crippen molar-refractivity contribution < 1.29 is 9.90 Å². The molecule has 1 aromatic heterocycles. The van der Waals surface area contributed by atoms with Crippen molar-refractivity contribution in [2.75, 3.05) is 0 Å². The lowest BCUT2D eigenvalue weighted by Crippen LogP contribution is -2.00. The fourth-order valence-corrected chi connectivity index (χ4v) is 1.95. The quantitative estimate of drug-likeness (QED) is 0.848. The number of carboxylic acids is 1. The molecule has 86 valence electrons. The number of hydrogen-bond acceptors (Lipinski definition) is 2. The summed E-state index contributed by atoms with van der Waals surface area (Å²) in [7, 11) is 0. The minimum Gasteiger partial charge on any atom is -0.476 e. The normalized spacial score (nSPS) is 14.8. The maximum atomic E-state index is 11.1. The van der Waals surface area contributed by atoms with Gasteiger partial charge in [-0.05, 0) is 12.8 Å². The van der Waals surface area contributed by atoms with Gasteiger partial charge >= 0.3 is 5.97 Å². The van der Waals surface area contributed by atoms with Gasteiger partial charge in [0.1, 0.15) is 5.82 Å². The van der Waals surface area contributed by atoms with Crippen molar-refractivity contribution in [1.82, 2.24) is 9.97 Å². The number of benzene rings is 1. The number of aromatic carboxylic acids is 1. The van der Waals surface area contributed by atoms with E-state index in [1.54, 1.807) is 0 Å². The topological polar surface area (TPSA) is 66.0 Å². The molecule has 0 amide bonds. The van der Waals surface area contributed by atoms with Gasteiger partial charge in [0.25, 0.3) is 0 Å². The Balaban J connectivity index is 2.07. The van der Waals surface area contributed by atoms with E-state index in [1.807, 2.05) is 30.3 Å². The molecule has 1 aliphatic rings. The summed E-state index contributed by atoms with van der Waals surface area (Å²) in [5, 5.41) is 9.12. The summed E-state index contributed by atoms with van der Waals surface area (Å²) in [6.07, 6.45) is 2.10. The lowest BCUT2D eigenvalue weighted by Gasteiger charge is -1.94. The van der Waals surface area contributed by atoms with Crippen LogP contribution in [0, 0.1) is 0 Å². The monoisotopic (exact) mass is 228 g/mol. The summed E-state index contributed by atoms with van der Waals surface area (Å²) in [5.74, 6) is 0.0429. The number of carbonyl (C=O) groups is 1. The Kier molecular flexibility index (Phi) is 2.21. The SMILES string of the molecule is O=C(O)c1nc(-c2ccccc2)[nH]c1C1CC1. The number of aromatic nitrogens is 2. The molecular weight excluding hydrogens is 216 g/mol. The maximum Gasteiger partial charge on any atom is 0.356 e. The number of rotatable bonds is 3. The zero-order valence-electron chi connectivity index (χ0n) is 9.18. The number of nitrogens with zero attached hydrogens (tertiary/aromatic N) is 1. The molecule has 0 radical (unpaired) electrons. The first-order valence-electron chi connectivity index (χ1n) is 5.64. The number of hydrogen-bond donors (Lipinski definition) is 2. The summed E-state index contributed by atoms with van der Waals surface area (Å²) in [5.41, 5.74) is 1.87. The molecule has 0 saturated heterocycles. The largest absolute Gasteiger partial charge is 0.476 e. The van der Waals surface area contributed by atoms with Crippen LogP contribution in [-0.2, 0) is 0 Å². The first kappa shape index (κ1) is 10.1. The average molecular weight is 228 g/mol. The molecule has 17 heavy (non-hydrogen) atoms. The van der Waals surface area contributed by atoms with Crippen molar-refractivity contribution in [3.8, 4) is 11.4 Å². The molecule has 4 heteroatoms. The predicted octanol–water partition coefficient (Wildman–Crippen LogP) is 2.65. The van der Waals surface area contributed by atoms with Crippen LogP contribution in [0.2, 0.25) is 0 Å². The molecular formula is C13H12N2O2. The van der Waals surface area contributed by atoms with E-state index in [1.165, 1.54) is 0 Å². The fourth-order valence-electron chi connectivity index (χ4n) is 1.95. The van der Waals surface area contributed by atoms with Crippen LogP contribution < -0.4 is 0 Å². The zero-order valence-corrected chi connectivity index (χ0v) is 9.18. The lowest BCUT2D eigenvalue weighted by molar-refractivity contribution is 0.0690. The minimum atomic E-state index is -0.953. The maximum absolute atomic E-state index is 11.1. The molecule has 1 aliphatic carbocycles. The van der Waals surface area contributed by atoms with Crippen LogP contribution >= 0.6 is 0 Å². The van der Waals surface area contributed by atoms with Gasteiger partial charge in [-0.1, -0.05) is 30.3 Å². The molecule has 4 nitrogen and oxygen atoms in total. The Morgan fingerprint density at radius 1 is 1.29 bits per heavy atom. The summed E-state index contributed by atoms with van der Waals surface area (Å²) in [4.78, 5) is 18.5. The number of aromatic amines is 1. The molecule has 3 rings (SSSR count). The highest BCUT2D eigenvalue weighted by atomic mass is 16.4. The van der Waals surface area contributed by atoms with Crippen molar-refractivity contribution >= 4 is 5.97 Å². The number of H-pyrrole nitrogens is 1. The van der Waals surface area contributed by atoms with Crippen LogP contribution in [0.1, 0.15) is 34.9 Å². The Bertz CT molecular complexity index is 556. The van der Waals surface area contributed by atoms with E-state index in [0.717, 1.165) is 24.1 Å². The molecule has 0 bridgehead atoms. The Morgan fingerprint density at radius 3 is 2.59 bits per heavy atom. The van der Waals surface area contributed by atoms with Crippen LogP contribution in [0.3, 0.4) is 0 Å². The van der Waals surface area contributed by atoms with E-state index in [2.05, 4.69) is 9.97 Å².